The second kappa shape index (κ2) is 11.3. The van der Waals surface area contributed by atoms with Crippen molar-refractivity contribution in [3.63, 3.8) is 0 Å². The minimum atomic E-state index is -0.964. The number of benzene rings is 1. The van der Waals surface area contributed by atoms with E-state index < -0.39 is 18.1 Å². The number of rotatable bonds is 7. The number of nitrogens with zero attached hydrogens (tertiary/aromatic N) is 1. The third-order valence-corrected chi connectivity index (χ3v) is 8.78. The zero-order chi connectivity index (χ0) is 27.6. The number of aromatic nitrogens is 1. The first-order valence-corrected chi connectivity index (χ1v) is 14.0. The number of amides is 3. The number of fused-ring (bicyclic) bond motifs is 1. The fourth-order valence-electron chi connectivity index (χ4n) is 6.71. The smallest absolute Gasteiger partial charge is 0.328 e. The number of aromatic amines is 1. The molecular weight excluding hydrogens is 500 g/mol. The highest BCUT2D eigenvalue weighted by Crippen LogP contribution is 2.47. The van der Waals surface area contributed by atoms with Gasteiger partial charge in [0.15, 0.2) is 0 Å². The SMILES string of the molecule is COC(=O)[C@H](CC1CCCNC1=O)NC(=O)C1CC2(CCCCC2)CN1C(=O)c1cc2c(OC)cccc2[nH]1. The summed E-state index contributed by atoms with van der Waals surface area (Å²) < 4.78 is 10.4. The molecule has 5 rings (SSSR count). The number of methoxy groups -OCH3 is 2. The van der Waals surface area contributed by atoms with Crippen molar-refractivity contribution < 1.29 is 28.7 Å². The number of ether oxygens (including phenoxy) is 2. The standard InChI is InChI=1S/C29H38N4O6/c1-38-24-10-6-9-20-19(24)15-21(31-20)27(36)33-17-29(11-4-3-5-12-29)16-23(33)26(35)32-22(28(37)39-2)14-18-8-7-13-30-25(18)34/h6,9-10,15,18,22-23,31H,3-5,7-8,11-14,16-17H2,1-2H3,(H,30,34)(H,32,35)/t18?,22-,23?/m0/s1. The van der Waals surface area contributed by atoms with Crippen LogP contribution >= 0.6 is 0 Å². The molecule has 3 N–H and O–H groups in total. The molecule has 3 heterocycles. The molecule has 10 nitrogen and oxygen atoms in total. The van der Waals surface area contributed by atoms with Crippen LogP contribution in [0.4, 0.5) is 0 Å². The quantitative estimate of drug-likeness (QED) is 0.465. The van der Waals surface area contributed by atoms with Crippen molar-refractivity contribution in [1.82, 2.24) is 20.5 Å². The maximum absolute atomic E-state index is 13.9. The van der Waals surface area contributed by atoms with Gasteiger partial charge in [-0.05, 0) is 62.1 Å². The molecule has 3 amide bonds. The molecule has 2 unspecified atom stereocenters. The predicted octanol–water partition coefficient (Wildman–Crippen LogP) is 2.92. The molecule has 10 heteroatoms. The Kier molecular flexibility index (Phi) is 7.81. The third kappa shape index (κ3) is 5.46. The highest BCUT2D eigenvalue weighted by Gasteiger charge is 2.49. The van der Waals surface area contributed by atoms with E-state index >= 15 is 0 Å². The maximum atomic E-state index is 13.9. The van der Waals surface area contributed by atoms with Crippen LogP contribution in [0.3, 0.4) is 0 Å². The van der Waals surface area contributed by atoms with Crippen molar-refractivity contribution >= 4 is 34.6 Å². The lowest BCUT2D eigenvalue weighted by atomic mass is 9.72. The van der Waals surface area contributed by atoms with E-state index in [4.69, 9.17) is 9.47 Å². The van der Waals surface area contributed by atoms with Crippen molar-refractivity contribution in [1.29, 1.82) is 0 Å². The van der Waals surface area contributed by atoms with Crippen molar-refractivity contribution in [2.75, 3.05) is 27.3 Å². The maximum Gasteiger partial charge on any atom is 0.328 e. The Bertz CT molecular complexity index is 1250. The summed E-state index contributed by atoms with van der Waals surface area (Å²) in [6.07, 6.45) is 7.40. The van der Waals surface area contributed by atoms with Crippen LogP contribution in [0.15, 0.2) is 24.3 Å². The first-order chi connectivity index (χ1) is 18.8. The van der Waals surface area contributed by atoms with Gasteiger partial charge in [0.1, 0.15) is 23.5 Å². The van der Waals surface area contributed by atoms with Gasteiger partial charge in [-0.3, -0.25) is 14.4 Å². The van der Waals surface area contributed by atoms with Crippen LogP contribution in [0, 0.1) is 11.3 Å². The zero-order valence-electron chi connectivity index (χ0n) is 22.7. The Balaban J connectivity index is 1.40. The van der Waals surface area contributed by atoms with Gasteiger partial charge in [-0.2, -0.15) is 0 Å². The summed E-state index contributed by atoms with van der Waals surface area (Å²) in [7, 11) is 2.86. The van der Waals surface area contributed by atoms with Gasteiger partial charge in [-0.1, -0.05) is 25.3 Å². The molecule has 2 aliphatic heterocycles. The average Bonchev–Trinajstić information content (AvgIpc) is 3.55. The van der Waals surface area contributed by atoms with E-state index in [1.807, 2.05) is 18.2 Å². The van der Waals surface area contributed by atoms with Crippen LogP contribution in [0.2, 0.25) is 0 Å². The molecule has 1 saturated carbocycles. The topological polar surface area (TPSA) is 130 Å². The monoisotopic (exact) mass is 538 g/mol. The van der Waals surface area contributed by atoms with Crippen LogP contribution in [0.5, 0.6) is 5.75 Å². The van der Waals surface area contributed by atoms with Gasteiger partial charge in [0.25, 0.3) is 5.91 Å². The van der Waals surface area contributed by atoms with E-state index in [-0.39, 0.29) is 35.5 Å². The average molecular weight is 539 g/mol. The molecule has 1 aromatic carbocycles. The lowest BCUT2D eigenvalue weighted by Crippen LogP contribution is -2.52. The molecule has 1 aliphatic carbocycles. The molecule has 39 heavy (non-hydrogen) atoms. The van der Waals surface area contributed by atoms with Gasteiger partial charge in [0.2, 0.25) is 11.8 Å². The van der Waals surface area contributed by atoms with Gasteiger partial charge < -0.3 is 30.0 Å². The minimum Gasteiger partial charge on any atom is -0.496 e. The summed E-state index contributed by atoms with van der Waals surface area (Å²) in [5, 5.41) is 6.49. The fraction of sp³-hybridized carbons (Fsp3) is 0.586. The number of nitrogens with one attached hydrogen (secondary N) is 3. The second-order valence-electron chi connectivity index (χ2n) is 11.3. The molecule has 1 spiro atoms. The molecule has 3 atom stereocenters. The Morgan fingerprint density at radius 1 is 1.15 bits per heavy atom. The first kappa shape index (κ1) is 27.0. The van der Waals surface area contributed by atoms with E-state index in [1.54, 1.807) is 18.1 Å². The molecule has 0 radical (unpaired) electrons. The largest absolute Gasteiger partial charge is 0.496 e. The number of hydrogen-bond acceptors (Lipinski definition) is 6. The highest BCUT2D eigenvalue weighted by atomic mass is 16.5. The van der Waals surface area contributed by atoms with Crippen LogP contribution < -0.4 is 15.4 Å². The predicted molar refractivity (Wildman–Crippen MR) is 144 cm³/mol. The Hall–Kier alpha value is -3.56. The van der Waals surface area contributed by atoms with Crippen molar-refractivity contribution in [3.05, 3.63) is 30.0 Å². The number of likely N-dealkylation sites (tertiary alicyclic amines) is 1. The van der Waals surface area contributed by atoms with Crippen molar-refractivity contribution in [2.45, 2.75) is 69.9 Å². The normalized spacial score (nSPS) is 23.3. The van der Waals surface area contributed by atoms with Crippen LogP contribution in [0.1, 0.15) is 68.3 Å². The lowest BCUT2D eigenvalue weighted by molar-refractivity contribution is -0.146. The Morgan fingerprint density at radius 3 is 2.67 bits per heavy atom. The summed E-state index contributed by atoms with van der Waals surface area (Å²) in [5.74, 6) is -1.06. The second-order valence-corrected chi connectivity index (χ2v) is 11.3. The number of hydrogen-bond donors (Lipinski definition) is 3. The summed E-state index contributed by atoms with van der Waals surface area (Å²) in [4.78, 5) is 57.6. The van der Waals surface area contributed by atoms with Gasteiger partial charge >= 0.3 is 5.97 Å². The van der Waals surface area contributed by atoms with Crippen LogP contribution in [0.25, 0.3) is 10.9 Å². The van der Waals surface area contributed by atoms with Crippen LogP contribution in [-0.4, -0.2) is 73.0 Å². The van der Waals surface area contributed by atoms with E-state index in [0.717, 1.165) is 49.4 Å². The highest BCUT2D eigenvalue weighted by molar-refractivity contribution is 6.02. The van der Waals surface area contributed by atoms with Crippen LogP contribution in [-0.2, 0) is 19.1 Å². The van der Waals surface area contributed by atoms with Gasteiger partial charge in [0.05, 0.1) is 14.2 Å². The van der Waals surface area contributed by atoms with E-state index in [9.17, 15) is 19.2 Å². The third-order valence-electron chi connectivity index (χ3n) is 8.78. The molecule has 3 aliphatic rings. The van der Waals surface area contributed by atoms with Gasteiger partial charge in [0, 0.05) is 29.9 Å². The van der Waals surface area contributed by atoms with Gasteiger partial charge in [-0.15, -0.1) is 0 Å². The molecule has 0 bridgehead atoms. The molecule has 2 saturated heterocycles. The number of esters is 1. The molecule has 1 aromatic heterocycles. The van der Waals surface area contributed by atoms with E-state index in [0.29, 0.717) is 37.4 Å². The molecule has 3 fully saturated rings. The van der Waals surface area contributed by atoms with Crippen molar-refractivity contribution in [2.24, 2.45) is 11.3 Å². The molecule has 2 aromatic rings. The van der Waals surface area contributed by atoms with E-state index in [2.05, 4.69) is 15.6 Å². The summed E-state index contributed by atoms with van der Waals surface area (Å²) >= 11 is 0. The first-order valence-electron chi connectivity index (χ1n) is 14.0. The van der Waals surface area contributed by atoms with Gasteiger partial charge in [-0.25, -0.2) is 4.79 Å². The number of carbonyl (C=O) groups excluding carboxylic acids is 4. The number of piperidine rings is 1. The van der Waals surface area contributed by atoms with Crippen molar-refractivity contribution in [3.8, 4) is 5.75 Å². The number of carbonyl (C=O) groups is 4. The zero-order valence-corrected chi connectivity index (χ0v) is 22.7. The Morgan fingerprint density at radius 2 is 1.95 bits per heavy atom. The lowest BCUT2D eigenvalue weighted by Gasteiger charge is -2.32. The minimum absolute atomic E-state index is 0.113. The summed E-state index contributed by atoms with van der Waals surface area (Å²) in [6.45, 7) is 1.11. The fourth-order valence-corrected chi connectivity index (χ4v) is 6.71. The molecule has 210 valence electrons. The molecular formula is C29H38N4O6. The Labute approximate surface area is 228 Å². The van der Waals surface area contributed by atoms with E-state index in [1.165, 1.54) is 7.11 Å². The number of H-pyrrole nitrogens is 1. The summed E-state index contributed by atoms with van der Waals surface area (Å²) in [6, 6.07) is 5.66. The summed E-state index contributed by atoms with van der Waals surface area (Å²) in [5.41, 5.74) is 1.05.